The first-order chi connectivity index (χ1) is 9.70. The Hall–Kier alpha value is -2.10. The van der Waals surface area contributed by atoms with Crippen LogP contribution in [0.1, 0.15) is 27.4 Å². The molecule has 2 aromatic rings. The number of aromatic nitrogens is 1. The Morgan fingerprint density at radius 1 is 1.60 bits per heavy atom. The number of hydrogen-bond donors (Lipinski definition) is 1. The molecule has 0 radical (unpaired) electrons. The van der Waals surface area contributed by atoms with Crippen LogP contribution in [0.2, 0.25) is 0 Å². The number of aliphatic hydroxyl groups excluding tert-OH is 1. The molecule has 2 rings (SSSR count). The maximum absolute atomic E-state index is 12.0. The second-order valence-electron chi connectivity index (χ2n) is 4.13. The molecule has 0 saturated carbocycles. The summed E-state index contributed by atoms with van der Waals surface area (Å²) in [4.78, 5) is 14.5. The summed E-state index contributed by atoms with van der Waals surface area (Å²) in [5, 5.41) is 14.1. The minimum absolute atomic E-state index is 0.0691. The first-order valence-electron chi connectivity index (χ1n) is 6.04. The van der Waals surface area contributed by atoms with E-state index in [0.717, 1.165) is 10.4 Å². The van der Waals surface area contributed by atoms with Crippen LogP contribution in [0.15, 0.2) is 28.2 Å². The highest BCUT2D eigenvalue weighted by Crippen LogP contribution is 2.16. The van der Waals surface area contributed by atoms with E-state index in [1.807, 2.05) is 11.4 Å². The normalized spacial score (nSPS) is 9.90. The molecule has 0 aliphatic rings. The van der Waals surface area contributed by atoms with Gasteiger partial charge in [0.2, 0.25) is 5.76 Å². The zero-order valence-electron chi connectivity index (χ0n) is 11.0. The highest BCUT2D eigenvalue weighted by atomic mass is 32.1. The van der Waals surface area contributed by atoms with Gasteiger partial charge < -0.3 is 14.5 Å². The number of aliphatic hydroxyl groups is 1. The fraction of sp³-hybridized carbons (Fsp3) is 0.286. The Kier molecular flexibility index (Phi) is 4.93. The van der Waals surface area contributed by atoms with Gasteiger partial charge in [-0.3, -0.25) is 4.79 Å². The van der Waals surface area contributed by atoms with E-state index in [4.69, 9.17) is 9.63 Å². The second kappa shape index (κ2) is 6.89. The highest BCUT2D eigenvalue weighted by molar-refractivity contribution is 7.10. The van der Waals surface area contributed by atoms with Crippen molar-refractivity contribution in [2.45, 2.75) is 13.0 Å². The molecule has 2 heterocycles. The van der Waals surface area contributed by atoms with Crippen LogP contribution >= 0.6 is 11.3 Å². The molecule has 0 bridgehead atoms. The third-order valence-corrected chi connectivity index (χ3v) is 3.41. The maximum atomic E-state index is 12.0. The highest BCUT2D eigenvalue weighted by Gasteiger charge is 2.15. The van der Waals surface area contributed by atoms with Crippen LogP contribution in [0, 0.1) is 11.8 Å². The summed E-state index contributed by atoms with van der Waals surface area (Å²) < 4.78 is 4.84. The lowest BCUT2D eigenvalue weighted by Gasteiger charge is -2.13. The molecule has 1 amide bonds. The molecule has 5 nitrogen and oxygen atoms in total. The molecule has 20 heavy (non-hydrogen) atoms. The number of carbonyl (C=O) groups is 1. The molecule has 0 atom stereocenters. The summed E-state index contributed by atoms with van der Waals surface area (Å²) in [6, 6.07) is 3.48. The molecule has 104 valence electrons. The van der Waals surface area contributed by atoms with Gasteiger partial charge in [0.25, 0.3) is 5.91 Å². The molecule has 0 aliphatic carbocycles. The van der Waals surface area contributed by atoms with Crippen molar-refractivity contribution in [3.05, 3.63) is 39.9 Å². The number of thiophene rings is 1. The van der Waals surface area contributed by atoms with E-state index in [0.29, 0.717) is 13.0 Å². The van der Waals surface area contributed by atoms with Gasteiger partial charge in [-0.15, -0.1) is 11.3 Å². The molecule has 0 unspecified atom stereocenters. The second-order valence-corrected chi connectivity index (χ2v) is 5.04. The van der Waals surface area contributed by atoms with E-state index < -0.39 is 0 Å². The van der Waals surface area contributed by atoms with Gasteiger partial charge in [-0.05, 0) is 17.0 Å². The molecule has 0 spiro atoms. The molecular formula is C14H14N2O3S. The lowest BCUT2D eigenvalue weighted by Crippen LogP contribution is -2.25. The monoisotopic (exact) mass is 290 g/mol. The van der Waals surface area contributed by atoms with Crippen molar-refractivity contribution in [1.29, 1.82) is 0 Å². The van der Waals surface area contributed by atoms with Crippen molar-refractivity contribution in [3.63, 3.8) is 0 Å². The van der Waals surface area contributed by atoms with Gasteiger partial charge >= 0.3 is 0 Å². The van der Waals surface area contributed by atoms with E-state index >= 15 is 0 Å². The predicted molar refractivity (Wildman–Crippen MR) is 75.2 cm³/mol. The summed E-state index contributed by atoms with van der Waals surface area (Å²) in [5.74, 6) is 5.86. The smallest absolute Gasteiger partial charge is 0.292 e. The summed E-state index contributed by atoms with van der Waals surface area (Å²) in [5.41, 5.74) is 1.01. The van der Waals surface area contributed by atoms with E-state index in [-0.39, 0.29) is 18.3 Å². The van der Waals surface area contributed by atoms with Crippen molar-refractivity contribution >= 4 is 17.2 Å². The maximum Gasteiger partial charge on any atom is 0.292 e. The Bertz CT molecular complexity index is 622. The Labute approximate surface area is 120 Å². The molecule has 0 aromatic carbocycles. The van der Waals surface area contributed by atoms with Gasteiger partial charge in [0.1, 0.15) is 0 Å². The predicted octanol–water partition coefficient (Wildman–Crippen LogP) is 1.74. The third-order valence-electron chi connectivity index (χ3n) is 2.52. The van der Waals surface area contributed by atoms with Crippen LogP contribution in [0.4, 0.5) is 0 Å². The van der Waals surface area contributed by atoms with Gasteiger partial charge in [0.15, 0.2) is 0 Å². The Morgan fingerprint density at radius 2 is 2.45 bits per heavy atom. The van der Waals surface area contributed by atoms with Crippen LogP contribution in [-0.2, 0) is 6.54 Å². The Morgan fingerprint density at radius 3 is 3.15 bits per heavy atom. The van der Waals surface area contributed by atoms with Crippen LogP contribution in [0.25, 0.3) is 0 Å². The number of amides is 1. The lowest BCUT2D eigenvalue weighted by atomic mass is 10.2. The van der Waals surface area contributed by atoms with Crippen molar-refractivity contribution in [3.8, 4) is 11.8 Å². The van der Waals surface area contributed by atoms with Crippen molar-refractivity contribution in [1.82, 2.24) is 10.1 Å². The van der Waals surface area contributed by atoms with Crippen LogP contribution in [0.3, 0.4) is 0 Å². The van der Waals surface area contributed by atoms with Crippen molar-refractivity contribution in [2.24, 2.45) is 0 Å². The SMILES string of the molecule is CN(Cc1csc(C#CCCO)c1)C(=O)c1ccno1. The summed E-state index contributed by atoms with van der Waals surface area (Å²) in [6.45, 7) is 0.553. The molecule has 0 aliphatic heterocycles. The number of nitrogens with zero attached hydrogens (tertiary/aromatic N) is 2. The minimum atomic E-state index is -0.207. The zero-order chi connectivity index (χ0) is 14.4. The summed E-state index contributed by atoms with van der Waals surface area (Å²) >= 11 is 1.52. The topological polar surface area (TPSA) is 66.6 Å². The quantitative estimate of drug-likeness (QED) is 0.871. The lowest BCUT2D eigenvalue weighted by molar-refractivity contribution is 0.0743. The van der Waals surface area contributed by atoms with Crippen LogP contribution in [-0.4, -0.2) is 34.7 Å². The number of hydrogen-bond acceptors (Lipinski definition) is 5. The summed E-state index contributed by atoms with van der Waals surface area (Å²) in [7, 11) is 1.71. The molecular weight excluding hydrogens is 276 g/mol. The van der Waals surface area contributed by atoms with Crippen molar-refractivity contribution < 1.29 is 14.4 Å². The van der Waals surface area contributed by atoms with Crippen molar-refractivity contribution in [2.75, 3.05) is 13.7 Å². The fourth-order valence-corrected chi connectivity index (χ4v) is 2.36. The van der Waals surface area contributed by atoms with Gasteiger partial charge in [-0.1, -0.05) is 17.0 Å². The van der Waals surface area contributed by atoms with E-state index in [1.54, 1.807) is 11.9 Å². The van der Waals surface area contributed by atoms with E-state index in [1.165, 1.54) is 23.6 Å². The Balaban J connectivity index is 1.97. The minimum Gasteiger partial charge on any atom is -0.395 e. The standard InChI is InChI=1S/C14H14N2O3S/c1-16(14(18)13-5-6-15-19-13)9-11-8-12(20-10-11)4-2-3-7-17/h5-6,8,10,17H,3,7,9H2,1H3. The van der Waals surface area contributed by atoms with Gasteiger partial charge in [0.05, 0.1) is 17.7 Å². The number of carbonyl (C=O) groups excluding carboxylic acids is 1. The average Bonchev–Trinajstić information content (AvgIpc) is 3.09. The van der Waals surface area contributed by atoms with Gasteiger partial charge in [0, 0.05) is 26.1 Å². The van der Waals surface area contributed by atoms with Crippen LogP contribution < -0.4 is 0 Å². The summed E-state index contributed by atoms with van der Waals surface area (Å²) in [6.07, 6.45) is 1.91. The van der Waals surface area contributed by atoms with Crippen LogP contribution in [0.5, 0.6) is 0 Å². The largest absolute Gasteiger partial charge is 0.395 e. The fourth-order valence-electron chi connectivity index (χ4n) is 1.59. The van der Waals surface area contributed by atoms with E-state index in [9.17, 15) is 4.79 Å². The molecule has 0 saturated heterocycles. The first kappa shape index (κ1) is 14.3. The van der Waals surface area contributed by atoms with Gasteiger partial charge in [-0.25, -0.2) is 0 Å². The zero-order valence-corrected chi connectivity index (χ0v) is 11.8. The average molecular weight is 290 g/mol. The van der Waals surface area contributed by atoms with E-state index in [2.05, 4.69) is 17.0 Å². The molecule has 1 N–H and O–H groups in total. The third kappa shape index (κ3) is 3.70. The molecule has 6 heteroatoms. The van der Waals surface area contributed by atoms with Gasteiger partial charge in [-0.2, -0.15) is 0 Å². The first-order valence-corrected chi connectivity index (χ1v) is 6.92. The number of rotatable bonds is 4. The molecule has 0 fully saturated rings. The molecule has 2 aromatic heterocycles.